The Bertz CT molecular complexity index is 1720. The van der Waals surface area contributed by atoms with E-state index in [-0.39, 0.29) is 29.3 Å². The summed E-state index contributed by atoms with van der Waals surface area (Å²) in [5.74, 6) is -0.446. The van der Waals surface area contributed by atoms with E-state index in [1.165, 1.54) is 23.1 Å². The average molecular weight is 622 g/mol. The lowest BCUT2D eigenvalue weighted by atomic mass is 9.68. The zero-order valence-corrected chi connectivity index (χ0v) is 25.8. The molecule has 0 saturated heterocycles. The van der Waals surface area contributed by atoms with Gasteiger partial charge in [0.1, 0.15) is 5.82 Å². The van der Waals surface area contributed by atoms with Gasteiger partial charge in [-0.05, 0) is 84.3 Å². The highest BCUT2D eigenvalue weighted by Crippen LogP contribution is 2.52. The summed E-state index contributed by atoms with van der Waals surface area (Å²) in [4.78, 5) is 16.3. The van der Waals surface area contributed by atoms with Gasteiger partial charge in [-0.25, -0.2) is 0 Å². The molecule has 0 spiro atoms. The number of anilines is 1. The lowest BCUT2D eigenvalue weighted by Gasteiger charge is -2.44. The lowest BCUT2D eigenvalue weighted by molar-refractivity contribution is -0.137. The molecule has 2 N–H and O–H groups in total. The Kier molecular flexibility index (Phi) is 8.19. The monoisotopic (exact) mass is 621 g/mol. The molecule has 1 unspecified atom stereocenters. The molecule has 0 bridgehead atoms. The first kappa shape index (κ1) is 30.8. The molecule has 9 heteroatoms. The van der Waals surface area contributed by atoms with Crippen molar-refractivity contribution in [2.75, 3.05) is 4.90 Å². The number of para-hydroxylation sites is 1. The van der Waals surface area contributed by atoms with E-state index in [0.29, 0.717) is 28.5 Å². The molecule has 0 fully saturated rings. The van der Waals surface area contributed by atoms with Gasteiger partial charge in [-0.3, -0.25) is 9.69 Å². The third-order valence-corrected chi connectivity index (χ3v) is 9.39. The largest absolute Gasteiger partial charge is 0.418 e. The van der Waals surface area contributed by atoms with E-state index in [1.54, 1.807) is 11.8 Å². The van der Waals surface area contributed by atoms with Gasteiger partial charge in [0.05, 0.1) is 28.8 Å². The smallest absolute Gasteiger partial charge is 0.384 e. The van der Waals surface area contributed by atoms with Crippen LogP contribution in [0.4, 0.5) is 18.9 Å². The Morgan fingerprint density at radius 3 is 2.40 bits per heavy atom. The van der Waals surface area contributed by atoms with Crippen LogP contribution >= 0.6 is 23.4 Å². The predicted octanol–water partition coefficient (Wildman–Crippen LogP) is 9.21. The molecule has 1 aliphatic heterocycles. The molecule has 4 nitrogen and oxygen atoms in total. The van der Waals surface area contributed by atoms with Crippen molar-refractivity contribution in [1.82, 2.24) is 0 Å². The fourth-order valence-corrected chi connectivity index (χ4v) is 7.17. The van der Waals surface area contributed by atoms with Crippen LogP contribution in [0, 0.1) is 30.6 Å². The normalized spacial score (nSPS) is 18.5. The van der Waals surface area contributed by atoms with Crippen molar-refractivity contribution >= 4 is 34.8 Å². The molecule has 0 amide bonds. The summed E-state index contributed by atoms with van der Waals surface area (Å²) in [5, 5.41) is 11.1. The van der Waals surface area contributed by atoms with E-state index in [1.807, 2.05) is 64.1 Å². The maximum absolute atomic E-state index is 14.2. The molecule has 0 saturated carbocycles. The number of benzene rings is 3. The average Bonchev–Trinajstić information content (AvgIpc) is 2.92. The zero-order valence-electron chi connectivity index (χ0n) is 24.3. The number of allylic oxidation sites excluding steroid dienone is 3. The highest BCUT2D eigenvalue weighted by Gasteiger charge is 2.46. The van der Waals surface area contributed by atoms with E-state index in [9.17, 15) is 23.2 Å². The number of nitrogens with two attached hydrogens (primary N) is 1. The third kappa shape index (κ3) is 5.93. The van der Waals surface area contributed by atoms with Crippen LogP contribution in [0.3, 0.4) is 0 Å². The second-order valence-electron chi connectivity index (χ2n) is 11.9. The zero-order chi connectivity index (χ0) is 31.3. The number of rotatable bonds is 5. The minimum absolute atomic E-state index is 0.0621. The second-order valence-corrected chi connectivity index (χ2v) is 13.4. The molecule has 43 heavy (non-hydrogen) atoms. The topological polar surface area (TPSA) is 70.1 Å². The van der Waals surface area contributed by atoms with Crippen LogP contribution in [0.15, 0.2) is 88.2 Å². The number of thioether (sulfide) groups is 1. The SMILES string of the molecule is Cc1cc(C)c(C2C(C#N)=C(N)N(c3ccccc3C(F)(F)F)C3=C2C(=O)CC(C)(C)C3)cc1CSc1ccc(Cl)cc1. The van der Waals surface area contributed by atoms with Gasteiger partial charge in [-0.1, -0.05) is 49.7 Å². The number of alkyl halides is 3. The van der Waals surface area contributed by atoms with Gasteiger partial charge >= 0.3 is 6.18 Å². The second kappa shape index (κ2) is 11.4. The molecular formula is C34H31ClF3N3OS. The van der Waals surface area contributed by atoms with Crippen LogP contribution in [-0.2, 0) is 16.7 Å². The van der Waals surface area contributed by atoms with E-state index in [2.05, 4.69) is 6.07 Å². The van der Waals surface area contributed by atoms with E-state index < -0.39 is 23.1 Å². The molecule has 1 atom stereocenters. The van der Waals surface area contributed by atoms with Crippen molar-refractivity contribution in [1.29, 1.82) is 5.26 Å². The third-order valence-electron chi connectivity index (χ3n) is 8.07. The van der Waals surface area contributed by atoms with Crippen LogP contribution < -0.4 is 10.6 Å². The minimum Gasteiger partial charge on any atom is -0.384 e. The van der Waals surface area contributed by atoms with E-state index in [0.717, 1.165) is 33.2 Å². The number of hydrogen-bond acceptors (Lipinski definition) is 5. The number of nitriles is 1. The number of hydrogen-bond donors (Lipinski definition) is 1. The maximum Gasteiger partial charge on any atom is 0.418 e. The number of aryl methyl sites for hydroxylation is 2. The first-order chi connectivity index (χ1) is 20.2. The minimum atomic E-state index is -4.67. The Morgan fingerprint density at radius 2 is 1.74 bits per heavy atom. The van der Waals surface area contributed by atoms with Crippen LogP contribution in [0.5, 0.6) is 0 Å². The molecular weight excluding hydrogens is 591 g/mol. The van der Waals surface area contributed by atoms with E-state index in [4.69, 9.17) is 17.3 Å². The summed E-state index contributed by atoms with van der Waals surface area (Å²) in [7, 11) is 0. The van der Waals surface area contributed by atoms with Crippen LogP contribution in [0.1, 0.15) is 60.4 Å². The van der Waals surface area contributed by atoms with Gasteiger partial charge in [-0.2, -0.15) is 18.4 Å². The fraction of sp³-hybridized carbons (Fsp3) is 0.294. The maximum atomic E-state index is 14.2. The first-order valence-corrected chi connectivity index (χ1v) is 15.2. The number of carbonyl (C=O) groups excluding carboxylic acids is 1. The number of halogens is 4. The molecule has 1 heterocycles. The molecule has 0 aromatic heterocycles. The van der Waals surface area contributed by atoms with Gasteiger partial charge in [0.15, 0.2) is 5.78 Å². The Labute approximate surface area is 259 Å². The number of ketones is 1. The van der Waals surface area contributed by atoms with Gasteiger partial charge in [0.2, 0.25) is 0 Å². The van der Waals surface area contributed by atoms with Crippen molar-refractivity contribution in [3.63, 3.8) is 0 Å². The van der Waals surface area contributed by atoms with Crippen molar-refractivity contribution in [3.8, 4) is 6.07 Å². The summed E-state index contributed by atoms with van der Waals surface area (Å²) in [5.41, 5.74) is 9.58. The van der Waals surface area contributed by atoms with Crippen LogP contribution in [-0.4, -0.2) is 5.78 Å². The Balaban J connectivity index is 1.70. The molecule has 1 aliphatic carbocycles. The highest BCUT2D eigenvalue weighted by atomic mass is 35.5. The van der Waals surface area contributed by atoms with Crippen molar-refractivity contribution < 1.29 is 18.0 Å². The quantitative estimate of drug-likeness (QED) is 0.288. The van der Waals surface area contributed by atoms with Crippen LogP contribution in [0.2, 0.25) is 5.02 Å². The Hall–Kier alpha value is -3.67. The predicted molar refractivity (Wildman–Crippen MR) is 165 cm³/mol. The Morgan fingerprint density at radius 1 is 1.07 bits per heavy atom. The molecule has 5 rings (SSSR count). The van der Waals surface area contributed by atoms with Gasteiger partial charge in [0.25, 0.3) is 0 Å². The molecule has 222 valence electrons. The first-order valence-electron chi connectivity index (χ1n) is 13.8. The van der Waals surface area contributed by atoms with Gasteiger partial charge in [-0.15, -0.1) is 11.8 Å². The van der Waals surface area contributed by atoms with Crippen molar-refractivity contribution in [3.05, 3.63) is 116 Å². The summed E-state index contributed by atoms with van der Waals surface area (Å²) in [6, 6.07) is 18.9. The molecule has 2 aliphatic rings. The standard InChI is InChI=1S/C34H31ClF3N3OS/c1-19-13-20(2)24(14-21(19)18-43-23-11-9-22(35)10-12-23)30-25(17-39)32(40)41(27-8-6-5-7-26(27)34(36,37)38)28-15-33(3,4)16-29(42)31(28)30/h5-14,30H,15-16,18,40H2,1-4H3. The summed E-state index contributed by atoms with van der Waals surface area (Å²) in [6.45, 7) is 7.77. The van der Waals surface area contributed by atoms with Crippen molar-refractivity contribution in [2.45, 2.75) is 63.3 Å². The van der Waals surface area contributed by atoms with E-state index >= 15 is 0 Å². The van der Waals surface area contributed by atoms with Crippen LogP contribution in [0.25, 0.3) is 0 Å². The number of carbonyl (C=O) groups is 1. The molecule has 3 aromatic carbocycles. The molecule has 3 aromatic rings. The number of Topliss-reactive ketones (excluding diaryl/α,β-unsaturated/α-hetero) is 1. The summed E-state index contributed by atoms with van der Waals surface area (Å²) in [6.07, 6.45) is -4.14. The fourth-order valence-electron chi connectivity index (χ4n) is 6.08. The van der Waals surface area contributed by atoms with Crippen molar-refractivity contribution in [2.24, 2.45) is 11.1 Å². The summed E-state index contributed by atoms with van der Waals surface area (Å²) < 4.78 is 42.6. The number of nitrogens with zero attached hydrogens (tertiary/aromatic N) is 2. The lowest BCUT2D eigenvalue weighted by Crippen LogP contribution is -2.42. The molecule has 0 radical (unpaired) electrons. The highest BCUT2D eigenvalue weighted by molar-refractivity contribution is 7.98. The van der Waals surface area contributed by atoms with Gasteiger partial charge < -0.3 is 5.73 Å². The van der Waals surface area contributed by atoms with Gasteiger partial charge in [0, 0.05) is 33.4 Å². The summed E-state index contributed by atoms with van der Waals surface area (Å²) >= 11 is 7.68.